The van der Waals surface area contributed by atoms with E-state index in [1.54, 1.807) is 0 Å². The van der Waals surface area contributed by atoms with Gasteiger partial charge in [0.2, 0.25) is 0 Å². The van der Waals surface area contributed by atoms with Gasteiger partial charge in [0.05, 0.1) is 0 Å². The normalized spacial score (nSPS) is 24.4. The number of rotatable bonds is 3. The van der Waals surface area contributed by atoms with Gasteiger partial charge in [0, 0.05) is 17.7 Å². The molecular weight excluding hydrogens is 222 g/mol. The fourth-order valence-corrected chi connectivity index (χ4v) is 2.95. The van der Waals surface area contributed by atoms with Crippen molar-refractivity contribution >= 4 is 5.82 Å². The van der Waals surface area contributed by atoms with Crippen molar-refractivity contribution in [2.24, 2.45) is 11.8 Å². The van der Waals surface area contributed by atoms with Crippen LogP contribution in [-0.2, 0) is 6.42 Å². The van der Waals surface area contributed by atoms with Crippen LogP contribution < -0.4 is 5.73 Å². The number of aryl methyl sites for hydroxylation is 1. The van der Waals surface area contributed by atoms with E-state index in [4.69, 9.17) is 5.73 Å². The SMILES string of the molecule is CCc1cc(N)nc(C2CCC(C(C)C)CC2)n1. The van der Waals surface area contributed by atoms with Gasteiger partial charge < -0.3 is 5.73 Å². The van der Waals surface area contributed by atoms with Crippen molar-refractivity contribution in [1.29, 1.82) is 0 Å². The third-order valence-corrected chi connectivity index (χ3v) is 4.26. The maximum Gasteiger partial charge on any atom is 0.134 e. The number of anilines is 1. The van der Waals surface area contributed by atoms with E-state index in [-0.39, 0.29) is 0 Å². The van der Waals surface area contributed by atoms with Crippen LogP contribution in [0.2, 0.25) is 0 Å². The van der Waals surface area contributed by atoms with Crippen molar-refractivity contribution < 1.29 is 0 Å². The van der Waals surface area contributed by atoms with E-state index in [1.807, 2.05) is 6.07 Å². The van der Waals surface area contributed by atoms with Gasteiger partial charge in [-0.3, -0.25) is 0 Å². The maximum absolute atomic E-state index is 5.87. The molecule has 0 unspecified atom stereocenters. The number of nitrogens with zero attached hydrogens (tertiary/aromatic N) is 2. The Morgan fingerprint density at radius 2 is 1.89 bits per heavy atom. The molecule has 0 aliphatic heterocycles. The standard InChI is InChI=1S/C15H25N3/c1-4-13-9-14(16)18-15(17-13)12-7-5-11(6-8-12)10(2)3/h9-12H,4-8H2,1-3H3,(H2,16,17,18). The van der Waals surface area contributed by atoms with Crippen LogP contribution in [0.1, 0.15) is 63.9 Å². The first-order valence-corrected chi connectivity index (χ1v) is 7.23. The largest absolute Gasteiger partial charge is 0.384 e. The fourth-order valence-electron chi connectivity index (χ4n) is 2.95. The van der Waals surface area contributed by atoms with Crippen LogP contribution in [0, 0.1) is 11.8 Å². The lowest BCUT2D eigenvalue weighted by atomic mass is 9.76. The van der Waals surface area contributed by atoms with E-state index < -0.39 is 0 Å². The average molecular weight is 247 g/mol. The smallest absolute Gasteiger partial charge is 0.134 e. The second-order valence-electron chi connectivity index (χ2n) is 5.85. The predicted octanol–water partition coefficient (Wildman–Crippen LogP) is 3.55. The molecule has 1 aromatic heterocycles. The molecule has 2 N–H and O–H groups in total. The molecule has 0 radical (unpaired) electrons. The molecule has 18 heavy (non-hydrogen) atoms. The van der Waals surface area contributed by atoms with Crippen LogP contribution in [0.5, 0.6) is 0 Å². The van der Waals surface area contributed by atoms with E-state index in [0.29, 0.717) is 11.7 Å². The highest BCUT2D eigenvalue weighted by Crippen LogP contribution is 2.37. The van der Waals surface area contributed by atoms with Gasteiger partial charge in [0.15, 0.2) is 0 Å². The lowest BCUT2D eigenvalue weighted by Crippen LogP contribution is -2.19. The van der Waals surface area contributed by atoms with Gasteiger partial charge >= 0.3 is 0 Å². The summed E-state index contributed by atoms with van der Waals surface area (Å²) >= 11 is 0. The fraction of sp³-hybridized carbons (Fsp3) is 0.733. The van der Waals surface area contributed by atoms with Gasteiger partial charge in [0.1, 0.15) is 11.6 Å². The molecule has 0 aromatic carbocycles. The van der Waals surface area contributed by atoms with Crippen molar-refractivity contribution in [3.05, 3.63) is 17.6 Å². The Labute approximate surface area is 110 Å². The van der Waals surface area contributed by atoms with E-state index in [9.17, 15) is 0 Å². The lowest BCUT2D eigenvalue weighted by molar-refractivity contribution is 0.254. The lowest BCUT2D eigenvalue weighted by Gasteiger charge is -2.30. The molecule has 0 atom stereocenters. The molecule has 1 aliphatic carbocycles. The Kier molecular flexibility index (Phi) is 4.20. The molecule has 1 heterocycles. The van der Waals surface area contributed by atoms with Crippen molar-refractivity contribution in [3.8, 4) is 0 Å². The van der Waals surface area contributed by atoms with Gasteiger partial charge in [0.25, 0.3) is 0 Å². The minimum absolute atomic E-state index is 0.522. The highest BCUT2D eigenvalue weighted by Gasteiger charge is 2.26. The highest BCUT2D eigenvalue weighted by molar-refractivity contribution is 5.30. The molecule has 0 spiro atoms. The van der Waals surface area contributed by atoms with E-state index >= 15 is 0 Å². The van der Waals surface area contributed by atoms with Crippen molar-refractivity contribution in [2.75, 3.05) is 5.73 Å². The molecule has 0 amide bonds. The topological polar surface area (TPSA) is 51.8 Å². The first-order chi connectivity index (χ1) is 8.60. The van der Waals surface area contributed by atoms with Gasteiger partial charge in [-0.15, -0.1) is 0 Å². The summed E-state index contributed by atoms with van der Waals surface area (Å²) in [5, 5.41) is 0. The van der Waals surface area contributed by atoms with Crippen molar-refractivity contribution in [1.82, 2.24) is 9.97 Å². The monoisotopic (exact) mass is 247 g/mol. The van der Waals surface area contributed by atoms with Crippen molar-refractivity contribution in [2.45, 2.75) is 58.8 Å². The zero-order valence-electron chi connectivity index (χ0n) is 11.8. The average Bonchev–Trinajstić information content (AvgIpc) is 2.38. The Bertz CT molecular complexity index is 393. The number of aromatic nitrogens is 2. The quantitative estimate of drug-likeness (QED) is 0.888. The summed E-state index contributed by atoms with van der Waals surface area (Å²) in [7, 11) is 0. The molecule has 0 saturated heterocycles. The summed E-state index contributed by atoms with van der Waals surface area (Å²) in [6, 6.07) is 1.89. The Morgan fingerprint density at radius 1 is 1.22 bits per heavy atom. The molecule has 0 bridgehead atoms. The minimum Gasteiger partial charge on any atom is -0.384 e. The molecule has 1 aromatic rings. The Morgan fingerprint density at radius 3 is 2.44 bits per heavy atom. The Hall–Kier alpha value is -1.12. The van der Waals surface area contributed by atoms with Crippen LogP contribution in [0.4, 0.5) is 5.82 Å². The third-order valence-electron chi connectivity index (χ3n) is 4.26. The van der Waals surface area contributed by atoms with Gasteiger partial charge in [-0.25, -0.2) is 9.97 Å². The molecule has 2 rings (SSSR count). The molecule has 3 nitrogen and oxygen atoms in total. The van der Waals surface area contributed by atoms with Crippen LogP contribution in [0.25, 0.3) is 0 Å². The summed E-state index contributed by atoms with van der Waals surface area (Å²) in [6.45, 7) is 6.77. The number of hydrogen-bond acceptors (Lipinski definition) is 3. The van der Waals surface area contributed by atoms with Gasteiger partial charge in [-0.2, -0.15) is 0 Å². The molecule has 100 valence electrons. The number of nitrogen functional groups attached to an aromatic ring is 1. The van der Waals surface area contributed by atoms with Gasteiger partial charge in [-0.05, 0) is 43.9 Å². The molecule has 3 heteroatoms. The zero-order valence-corrected chi connectivity index (χ0v) is 11.8. The summed E-state index contributed by atoms with van der Waals surface area (Å²) in [4.78, 5) is 9.10. The second-order valence-corrected chi connectivity index (χ2v) is 5.85. The first kappa shape index (κ1) is 13.3. The molecule has 1 fully saturated rings. The minimum atomic E-state index is 0.522. The molecule has 1 aliphatic rings. The summed E-state index contributed by atoms with van der Waals surface area (Å²) in [5.74, 6) is 3.82. The van der Waals surface area contributed by atoms with E-state index in [2.05, 4.69) is 30.7 Å². The van der Waals surface area contributed by atoms with Crippen LogP contribution >= 0.6 is 0 Å². The van der Waals surface area contributed by atoms with Gasteiger partial charge in [-0.1, -0.05) is 20.8 Å². The summed E-state index contributed by atoms with van der Waals surface area (Å²) in [6.07, 6.45) is 5.98. The van der Waals surface area contributed by atoms with Crippen LogP contribution in [0.3, 0.4) is 0 Å². The summed E-state index contributed by atoms with van der Waals surface area (Å²) in [5.41, 5.74) is 6.94. The molecular formula is C15H25N3. The summed E-state index contributed by atoms with van der Waals surface area (Å²) < 4.78 is 0. The maximum atomic E-state index is 5.87. The van der Waals surface area contributed by atoms with Crippen LogP contribution in [-0.4, -0.2) is 9.97 Å². The van der Waals surface area contributed by atoms with E-state index in [1.165, 1.54) is 25.7 Å². The molecule has 1 saturated carbocycles. The van der Waals surface area contributed by atoms with E-state index in [0.717, 1.165) is 29.8 Å². The van der Waals surface area contributed by atoms with Crippen LogP contribution in [0.15, 0.2) is 6.07 Å². The second kappa shape index (κ2) is 5.68. The highest BCUT2D eigenvalue weighted by atomic mass is 15.0. The number of hydrogen-bond donors (Lipinski definition) is 1. The predicted molar refractivity (Wildman–Crippen MR) is 75.4 cm³/mol. The third kappa shape index (κ3) is 3.01. The Balaban J connectivity index is 2.07. The first-order valence-electron chi connectivity index (χ1n) is 7.23. The number of nitrogens with two attached hydrogens (primary N) is 1. The van der Waals surface area contributed by atoms with Crippen molar-refractivity contribution in [3.63, 3.8) is 0 Å². The zero-order chi connectivity index (χ0) is 13.1.